The topological polar surface area (TPSA) is 56.7 Å². The van der Waals surface area contributed by atoms with E-state index in [9.17, 15) is 0 Å². The Labute approximate surface area is 126 Å². The van der Waals surface area contributed by atoms with Gasteiger partial charge in [0, 0.05) is 17.9 Å². The first-order chi connectivity index (χ1) is 10.2. The Morgan fingerprint density at radius 3 is 2.81 bits per heavy atom. The molecule has 0 spiro atoms. The van der Waals surface area contributed by atoms with Gasteiger partial charge in [-0.3, -0.25) is 4.98 Å². The number of nitrogens with two attached hydrogens (primary N) is 1. The molecule has 2 unspecified atom stereocenters. The summed E-state index contributed by atoms with van der Waals surface area (Å²) in [7, 11) is 0. The van der Waals surface area contributed by atoms with Gasteiger partial charge in [0.1, 0.15) is 5.82 Å². The number of hydrogen-bond acceptors (Lipinski definition) is 3. The smallest absolute Gasteiger partial charge is 0.106 e. The van der Waals surface area contributed by atoms with E-state index in [1.54, 1.807) is 0 Å². The van der Waals surface area contributed by atoms with Gasteiger partial charge < -0.3 is 10.3 Å². The Hall–Kier alpha value is -1.68. The predicted molar refractivity (Wildman–Crippen MR) is 84.2 cm³/mol. The van der Waals surface area contributed by atoms with Crippen molar-refractivity contribution in [2.75, 3.05) is 0 Å². The molecule has 4 heteroatoms. The number of aromatic nitrogens is 3. The Morgan fingerprint density at radius 1 is 1.29 bits per heavy atom. The van der Waals surface area contributed by atoms with E-state index in [0.29, 0.717) is 0 Å². The molecule has 0 saturated carbocycles. The largest absolute Gasteiger partial charge is 0.326 e. The van der Waals surface area contributed by atoms with Crippen LogP contribution in [0.4, 0.5) is 0 Å². The van der Waals surface area contributed by atoms with Gasteiger partial charge in [0.15, 0.2) is 0 Å². The maximum Gasteiger partial charge on any atom is 0.106 e. The van der Waals surface area contributed by atoms with Gasteiger partial charge >= 0.3 is 0 Å². The maximum absolute atomic E-state index is 6.45. The molecule has 3 rings (SSSR count). The van der Waals surface area contributed by atoms with Crippen LogP contribution in [-0.2, 0) is 12.8 Å². The minimum atomic E-state index is 0.0545. The molecule has 2 aromatic rings. The van der Waals surface area contributed by atoms with Crippen molar-refractivity contribution < 1.29 is 0 Å². The average Bonchev–Trinajstić information content (AvgIpc) is 2.85. The molecule has 0 aromatic carbocycles. The summed E-state index contributed by atoms with van der Waals surface area (Å²) < 4.78 is 2.35. The first-order valence-electron chi connectivity index (χ1n) is 7.95. The molecule has 0 saturated heterocycles. The van der Waals surface area contributed by atoms with Crippen LogP contribution in [0, 0.1) is 6.92 Å². The van der Waals surface area contributed by atoms with Crippen LogP contribution in [0.25, 0.3) is 0 Å². The highest BCUT2D eigenvalue weighted by Gasteiger charge is 2.28. The third-order valence-corrected chi connectivity index (χ3v) is 4.49. The highest BCUT2D eigenvalue weighted by Crippen LogP contribution is 2.30. The monoisotopic (exact) mass is 284 g/mol. The molecule has 2 heterocycles. The number of hydrogen-bond donors (Lipinski definition) is 1. The summed E-state index contributed by atoms with van der Waals surface area (Å²) in [4.78, 5) is 9.36. The van der Waals surface area contributed by atoms with Crippen LogP contribution in [-0.4, -0.2) is 20.6 Å². The van der Waals surface area contributed by atoms with E-state index in [2.05, 4.69) is 29.5 Å². The van der Waals surface area contributed by atoms with Crippen LogP contribution in [0.5, 0.6) is 0 Å². The van der Waals surface area contributed by atoms with Crippen molar-refractivity contribution in [2.24, 2.45) is 5.73 Å². The van der Waals surface area contributed by atoms with Crippen LogP contribution < -0.4 is 5.73 Å². The minimum Gasteiger partial charge on any atom is -0.326 e. The summed E-state index contributed by atoms with van der Waals surface area (Å²) in [6.07, 6.45) is 7.47. The molecule has 4 nitrogen and oxygen atoms in total. The van der Waals surface area contributed by atoms with Crippen LogP contribution in [0.3, 0.4) is 0 Å². The van der Waals surface area contributed by atoms with E-state index in [4.69, 9.17) is 10.7 Å². The van der Waals surface area contributed by atoms with Crippen LogP contribution in [0.2, 0.25) is 0 Å². The lowest BCUT2D eigenvalue weighted by molar-refractivity contribution is 0.427. The Morgan fingerprint density at radius 2 is 2.10 bits per heavy atom. The standard InChI is InChI=1S/C17H24N4/c1-3-13(18)17(15-9-6-7-11-19-15)21-12(2)20-14-8-4-5-10-16(14)21/h6-7,9,11,13,17H,3-5,8,10,18H2,1-2H3. The second kappa shape index (κ2) is 5.98. The fourth-order valence-corrected chi connectivity index (χ4v) is 3.38. The molecule has 0 amide bonds. The second-order valence-electron chi connectivity index (χ2n) is 5.90. The summed E-state index contributed by atoms with van der Waals surface area (Å²) in [5.41, 5.74) is 10.1. The first kappa shape index (κ1) is 14.3. The molecule has 1 aliphatic rings. The first-order valence-corrected chi connectivity index (χ1v) is 7.95. The normalized spacial score (nSPS) is 17.3. The zero-order chi connectivity index (χ0) is 14.8. The molecular weight excluding hydrogens is 260 g/mol. The molecule has 0 bridgehead atoms. The van der Waals surface area contributed by atoms with E-state index in [-0.39, 0.29) is 12.1 Å². The Balaban J connectivity index is 2.11. The lowest BCUT2D eigenvalue weighted by Crippen LogP contribution is -2.34. The molecule has 2 N–H and O–H groups in total. The summed E-state index contributed by atoms with van der Waals surface area (Å²) in [6.45, 7) is 4.23. The minimum absolute atomic E-state index is 0.0545. The molecule has 21 heavy (non-hydrogen) atoms. The van der Waals surface area contributed by atoms with Gasteiger partial charge in [-0.25, -0.2) is 4.98 Å². The van der Waals surface area contributed by atoms with Crippen LogP contribution >= 0.6 is 0 Å². The molecule has 2 atom stereocenters. The summed E-state index contributed by atoms with van der Waals surface area (Å²) in [5, 5.41) is 0. The Kier molecular flexibility index (Phi) is 4.06. The van der Waals surface area contributed by atoms with Crippen LogP contribution in [0.15, 0.2) is 24.4 Å². The third kappa shape index (κ3) is 2.60. The number of aryl methyl sites for hydroxylation is 2. The van der Waals surface area contributed by atoms with E-state index in [0.717, 1.165) is 30.8 Å². The summed E-state index contributed by atoms with van der Waals surface area (Å²) >= 11 is 0. The van der Waals surface area contributed by atoms with Crippen molar-refractivity contribution >= 4 is 0 Å². The third-order valence-electron chi connectivity index (χ3n) is 4.49. The fourth-order valence-electron chi connectivity index (χ4n) is 3.38. The van der Waals surface area contributed by atoms with E-state index in [1.165, 1.54) is 24.2 Å². The predicted octanol–water partition coefficient (Wildman–Crippen LogP) is 2.79. The average molecular weight is 284 g/mol. The van der Waals surface area contributed by atoms with Gasteiger partial charge in [-0.05, 0) is 51.2 Å². The SMILES string of the molecule is CCC(N)C(c1ccccn1)n1c(C)nc2c1CCCC2. The zero-order valence-electron chi connectivity index (χ0n) is 12.9. The zero-order valence-corrected chi connectivity index (χ0v) is 12.9. The molecule has 2 aromatic heterocycles. The van der Waals surface area contributed by atoms with Gasteiger partial charge in [-0.1, -0.05) is 13.0 Å². The summed E-state index contributed by atoms with van der Waals surface area (Å²) in [6, 6.07) is 6.21. The highest BCUT2D eigenvalue weighted by molar-refractivity contribution is 5.25. The molecule has 0 radical (unpaired) electrons. The van der Waals surface area contributed by atoms with Crippen molar-refractivity contribution in [3.8, 4) is 0 Å². The lowest BCUT2D eigenvalue weighted by atomic mass is 9.97. The van der Waals surface area contributed by atoms with E-state index < -0.39 is 0 Å². The molecular formula is C17H24N4. The molecule has 1 aliphatic carbocycles. The quantitative estimate of drug-likeness (QED) is 0.939. The van der Waals surface area contributed by atoms with Crippen molar-refractivity contribution in [1.82, 2.24) is 14.5 Å². The van der Waals surface area contributed by atoms with Crippen molar-refractivity contribution in [1.29, 1.82) is 0 Å². The molecule has 0 aliphatic heterocycles. The number of pyridine rings is 1. The lowest BCUT2D eigenvalue weighted by Gasteiger charge is -2.28. The van der Waals surface area contributed by atoms with E-state index >= 15 is 0 Å². The number of nitrogens with zero attached hydrogens (tertiary/aromatic N) is 3. The van der Waals surface area contributed by atoms with Crippen molar-refractivity contribution in [3.05, 3.63) is 47.3 Å². The van der Waals surface area contributed by atoms with Gasteiger partial charge in [0.05, 0.1) is 17.4 Å². The van der Waals surface area contributed by atoms with E-state index in [1.807, 2.05) is 18.3 Å². The highest BCUT2D eigenvalue weighted by atomic mass is 15.1. The van der Waals surface area contributed by atoms with Gasteiger partial charge in [0.25, 0.3) is 0 Å². The second-order valence-corrected chi connectivity index (χ2v) is 5.90. The van der Waals surface area contributed by atoms with Crippen molar-refractivity contribution in [2.45, 2.75) is 58.0 Å². The fraction of sp³-hybridized carbons (Fsp3) is 0.529. The van der Waals surface area contributed by atoms with Crippen LogP contribution in [0.1, 0.15) is 55.1 Å². The Bertz CT molecular complexity index is 603. The molecule has 112 valence electrons. The number of fused-ring (bicyclic) bond motifs is 1. The van der Waals surface area contributed by atoms with Gasteiger partial charge in [-0.15, -0.1) is 0 Å². The maximum atomic E-state index is 6.45. The van der Waals surface area contributed by atoms with Gasteiger partial charge in [-0.2, -0.15) is 0 Å². The number of imidazole rings is 1. The van der Waals surface area contributed by atoms with Crippen molar-refractivity contribution in [3.63, 3.8) is 0 Å². The molecule has 0 fully saturated rings. The van der Waals surface area contributed by atoms with Gasteiger partial charge in [0.2, 0.25) is 0 Å². The number of rotatable bonds is 4. The summed E-state index contributed by atoms with van der Waals surface area (Å²) in [5.74, 6) is 1.07.